The summed E-state index contributed by atoms with van der Waals surface area (Å²) in [7, 11) is 0. The van der Waals surface area contributed by atoms with Gasteiger partial charge >= 0.3 is 5.97 Å². The highest BCUT2D eigenvalue weighted by molar-refractivity contribution is 5.80. The molecular formula is C14H15F2NO3. The van der Waals surface area contributed by atoms with Gasteiger partial charge in [-0.1, -0.05) is 12.1 Å². The molecule has 1 aliphatic carbocycles. The number of nitrogens with one attached hydrogen (secondary N) is 1. The topological polar surface area (TPSA) is 66.4 Å². The largest absolute Gasteiger partial charge is 0.481 e. The van der Waals surface area contributed by atoms with Gasteiger partial charge < -0.3 is 10.4 Å². The normalized spacial score (nSPS) is 16.3. The number of rotatable bonds is 5. The maximum absolute atomic E-state index is 13.5. The van der Waals surface area contributed by atoms with Gasteiger partial charge in [-0.25, -0.2) is 8.78 Å². The van der Waals surface area contributed by atoms with Crippen LogP contribution in [0.15, 0.2) is 18.2 Å². The molecule has 0 radical (unpaired) electrons. The summed E-state index contributed by atoms with van der Waals surface area (Å²) >= 11 is 0. The number of aliphatic carboxylic acids is 1. The number of halogens is 2. The molecule has 1 saturated carbocycles. The lowest BCUT2D eigenvalue weighted by molar-refractivity contribution is -0.140. The van der Waals surface area contributed by atoms with Crippen molar-refractivity contribution in [3.05, 3.63) is 35.4 Å². The first-order valence-corrected chi connectivity index (χ1v) is 6.38. The zero-order valence-electron chi connectivity index (χ0n) is 10.8. The average Bonchev–Trinajstić information content (AvgIpc) is 2.31. The van der Waals surface area contributed by atoms with Gasteiger partial charge in [0.1, 0.15) is 0 Å². The quantitative estimate of drug-likeness (QED) is 0.868. The molecule has 0 spiro atoms. The van der Waals surface area contributed by atoms with Crippen molar-refractivity contribution in [2.45, 2.75) is 37.6 Å². The van der Waals surface area contributed by atoms with Crippen LogP contribution in [0.3, 0.4) is 0 Å². The highest BCUT2D eigenvalue weighted by Gasteiger charge is 2.40. The molecule has 0 saturated heterocycles. The van der Waals surface area contributed by atoms with E-state index in [2.05, 4.69) is 5.32 Å². The van der Waals surface area contributed by atoms with Gasteiger partial charge in [0.15, 0.2) is 11.6 Å². The number of amides is 1. The van der Waals surface area contributed by atoms with Gasteiger partial charge in [-0.15, -0.1) is 0 Å². The van der Waals surface area contributed by atoms with Crippen molar-refractivity contribution in [1.29, 1.82) is 0 Å². The van der Waals surface area contributed by atoms with Crippen LogP contribution in [0, 0.1) is 11.6 Å². The first-order chi connectivity index (χ1) is 9.42. The number of carboxylic acid groups (broad SMARTS) is 1. The van der Waals surface area contributed by atoms with Crippen molar-refractivity contribution >= 4 is 11.9 Å². The summed E-state index contributed by atoms with van der Waals surface area (Å²) in [5.41, 5.74) is -0.764. The van der Waals surface area contributed by atoms with Gasteiger partial charge in [-0.05, 0) is 25.3 Å². The van der Waals surface area contributed by atoms with Crippen LogP contribution < -0.4 is 5.32 Å². The first kappa shape index (κ1) is 14.4. The summed E-state index contributed by atoms with van der Waals surface area (Å²) in [6.45, 7) is 0. The van der Waals surface area contributed by atoms with Gasteiger partial charge in [0.05, 0.1) is 18.4 Å². The molecule has 0 aromatic heterocycles. The summed E-state index contributed by atoms with van der Waals surface area (Å²) in [4.78, 5) is 22.7. The van der Waals surface area contributed by atoms with Crippen LogP contribution in [-0.2, 0) is 16.0 Å². The minimum atomic E-state index is -1.04. The molecule has 0 bridgehead atoms. The lowest BCUT2D eigenvalue weighted by Crippen LogP contribution is -2.55. The molecule has 0 heterocycles. The van der Waals surface area contributed by atoms with Gasteiger partial charge in [0, 0.05) is 5.56 Å². The first-order valence-electron chi connectivity index (χ1n) is 6.38. The Balaban J connectivity index is 2.02. The molecule has 0 unspecified atom stereocenters. The molecule has 0 aliphatic heterocycles. The fourth-order valence-electron chi connectivity index (χ4n) is 2.44. The van der Waals surface area contributed by atoms with Crippen molar-refractivity contribution in [3.8, 4) is 0 Å². The molecule has 1 aliphatic rings. The Morgan fingerprint density at radius 3 is 2.55 bits per heavy atom. The van der Waals surface area contributed by atoms with Crippen LogP contribution in [0.5, 0.6) is 0 Å². The number of carbonyl (C=O) groups is 2. The van der Waals surface area contributed by atoms with E-state index in [9.17, 15) is 18.4 Å². The van der Waals surface area contributed by atoms with Crippen molar-refractivity contribution in [2.75, 3.05) is 0 Å². The predicted molar refractivity (Wildman–Crippen MR) is 67.0 cm³/mol. The summed E-state index contributed by atoms with van der Waals surface area (Å²) in [6, 6.07) is 3.65. The van der Waals surface area contributed by atoms with Gasteiger partial charge in [-0.2, -0.15) is 0 Å². The Morgan fingerprint density at radius 1 is 1.30 bits per heavy atom. The molecule has 1 amide bonds. The number of carbonyl (C=O) groups excluding carboxylic acids is 1. The minimum Gasteiger partial charge on any atom is -0.481 e. The van der Waals surface area contributed by atoms with Gasteiger partial charge in [0.2, 0.25) is 5.91 Å². The van der Waals surface area contributed by atoms with Gasteiger partial charge in [-0.3, -0.25) is 9.59 Å². The Kier molecular flexibility index (Phi) is 4.01. The second-order valence-corrected chi connectivity index (χ2v) is 5.14. The predicted octanol–water partition coefficient (Wildman–Crippen LogP) is 2.02. The maximum atomic E-state index is 13.5. The number of hydrogen-bond acceptors (Lipinski definition) is 2. The van der Waals surface area contributed by atoms with E-state index in [0.717, 1.165) is 12.5 Å². The Labute approximate surface area is 114 Å². The van der Waals surface area contributed by atoms with Crippen molar-refractivity contribution < 1.29 is 23.5 Å². The van der Waals surface area contributed by atoms with Crippen LogP contribution in [-0.4, -0.2) is 22.5 Å². The SMILES string of the molecule is O=C(O)CC1(NC(=O)Cc2cccc(F)c2F)CCC1. The second kappa shape index (κ2) is 5.56. The molecule has 6 heteroatoms. The van der Waals surface area contributed by atoms with E-state index in [4.69, 9.17) is 5.11 Å². The monoisotopic (exact) mass is 283 g/mol. The molecule has 2 rings (SSSR count). The third-order valence-electron chi connectivity index (χ3n) is 3.59. The zero-order valence-corrected chi connectivity index (χ0v) is 10.8. The molecule has 1 fully saturated rings. The number of carboxylic acids is 1. The average molecular weight is 283 g/mol. The molecule has 0 atom stereocenters. The van der Waals surface area contributed by atoms with Crippen LogP contribution in [0.2, 0.25) is 0 Å². The molecule has 2 N–H and O–H groups in total. The van der Waals surface area contributed by atoms with Crippen LogP contribution in [0.1, 0.15) is 31.2 Å². The van der Waals surface area contributed by atoms with E-state index in [1.807, 2.05) is 0 Å². The van der Waals surface area contributed by atoms with E-state index >= 15 is 0 Å². The highest BCUT2D eigenvalue weighted by Crippen LogP contribution is 2.35. The third-order valence-corrected chi connectivity index (χ3v) is 3.59. The lowest BCUT2D eigenvalue weighted by Gasteiger charge is -2.41. The molecule has 1 aromatic carbocycles. The fraction of sp³-hybridized carbons (Fsp3) is 0.429. The van der Waals surface area contributed by atoms with Crippen LogP contribution in [0.4, 0.5) is 8.78 Å². The van der Waals surface area contributed by atoms with E-state index in [-0.39, 0.29) is 18.4 Å². The van der Waals surface area contributed by atoms with Crippen LogP contribution >= 0.6 is 0 Å². The third kappa shape index (κ3) is 3.12. The summed E-state index contributed by atoms with van der Waals surface area (Å²) in [5.74, 6) is -3.51. The number of hydrogen-bond donors (Lipinski definition) is 2. The molecule has 1 aromatic rings. The highest BCUT2D eigenvalue weighted by atomic mass is 19.2. The smallest absolute Gasteiger partial charge is 0.305 e. The second-order valence-electron chi connectivity index (χ2n) is 5.14. The van der Waals surface area contributed by atoms with E-state index < -0.39 is 29.0 Å². The van der Waals surface area contributed by atoms with Crippen molar-refractivity contribution in [2.24, 2.45) is 0 Å². The maximum Gasteiger partial charge on any atom is 0.305 e. The Hall–Kier alpha value is -1.98. The van der Waals surface area contributed by atoms with E-state index in [1.165, 1.54) is 12.1 Å². The van der Waals surface area contributed by atoms with Crippen LogP contribution in [0.25, 0.3) is 0 Å². The van der Waals surface area contributed by atoms with E-state index in [0.29, 0.717) is 12.8 Å². The molecule has 20 heavy (non-hydrogen) atoms. The Bertz CT molecular complexity index is 541. The molecular weight excluding hydrogens is 268 g/mol. The molecule has 4 nitrogen and oxygen atoms in total. The van der Waals surface area contributed by atoms with E-state index in [1.54, 1.807) is 0 Å². The zero-order chi connectivity index (χ0) is 14.8. The fourth-order valence-corrected chi connectivity index (χ4v) is 2.44. The summed E-state index contributed by atoms with van der Waals surface area (Å²) in [5, 5.41) is 11.5. The van der Waals surface area contributed by atoms with Crippen molar-refractivity contribution in [1.82, 2.24) is 5.32 Å². The van der Waals surface area contributed by atoms with Crippen molar-refractivity contribution in [3.63, 3.8) is 0 Å². The lowest BCUT2D eigenvalue weighted by atomic mass is 9.74. The summed E-state index contributed by atoms with van der Waals surface area (Å²) < 4.78 is 26.5. The number of benzene rings is 1. The standard InChI is InChI=1S/C14H15F2NO3/c15-10-4-1-3-9(13(10)16)7-11(18)17-14(5-2-6-14)8-12(19)20/h1,3-4H,2,5-8H2,(H,17,18)(H,19,20). The summed E-state index contributed by atoms with van der Waals surface area (Å²) in [6.07, 6.45) is 1.59. The Morgan fingerprint density at radius 2 is 2.00 bits per heavy atom. The minimum absolute atomic E-state index is 0.0349. The van der Waals surface area contributed by atoms with Gasteiger partial charge in [0.25, 0.3) is 0 Å². The molecule has 108 valence electrons.